The van der Waals surface area contributed by atoms with Crippen molar-refractivity contribution in [2.24, 2.45) is 5.92 Å². The van der Waals surface area contributed by atoms with E-state index >= 15 is 0 Å². The Morgan fingerprint density at radius 3 is 2.33 bits per heavy atom. The van der Waals surface area contributed by atoms with Crippen LogP contribution in [-0.4, -0.2) is 42.6 Å². The maximum atomic E-state index is 11.7. The monoisotopic (exact) mass is 300 g/mol. The molecular formula is C13H20N2O6. The van der Waals surface area contributed by atoms with Crippen molar-refractivity contribution >= 4 is 23.9 Å². The smallest absolute Gasteiger partial charge is 0.415 e. The number of nitrogens with one attached hydrogen (secondary N) is 2. The Bertz CT molecular complexity index is 454. The first-order chi connectivity index (χ1) is 9.62. The molecule has 0 heterocycles. The number of Topliss-reactive ketones (excluding diaryl/α,β-unsaturated/α-hetero) is 1. The minimum atomic E-state index is -0.904. The minimum absolute atomic E-state index is 0.0179. The van der Waals surface area contributed by atoms with Gasteiger partial charge in [-0.2, -0.15) is 0 Å². The minimum Gasteiger partial charge on any atom is -0.469 e. The van der Waals surface area contributed by atoms with E-state index < -0.39 is 35.7 Å². The van der Waals surface area contributed by atoms with Gasteiger partial charge in [0.2, 0.25) is 0 Å². The maximum absolute atomic E-state index is 11.7. The van der Waals surface area contributed by atoms with E-state index in [1.807, 2.05) is 5.32 Å². The van der Waals surface area contributed by atoms with E-state index in [0.717, 1.165) is 0 Å². The van der Waals surface area contributed by atoms with E-state index in [-0.39, 0.29) is 18.6 Å². The fourth-order valence-corrected chi connectivity index (χ4v) is 2.01. The van der Waals surface area contributed by atoms with Crippen molar-refractivity contribution in [2.75, 3.05) is 7.11 Å². The van der Waals surface area contributed by atoms with Gasteiger partial charge < -0.3 is 14.8 Å². The predicted octanol–water partition coefficient (Wildman–Crippen LogP) is 0.741. The number of methoxy groups -OCH3 is 1. The number of ketones is 1. The lowest BCUT2D eigenvalue weighted by molar-refractivity contribution is -0.146. The van der Waals surface area contributed by atoms with Gasteiger partial charge in [0.1, 0.15) is 11.4 Å². The molecule has 2 N–H and O–H groups in total. The number of imide groups is 1. The molecule has 1 rings (SSSR count). The van der Waals surface area contributed by atoms with Crippen molar-refractivity contribution < 1.29 is 28.7 Å². The summed E-state index contributed by atoms with van der Waals surface area (Å²) in [6.07, 6.45) is -0.857. The topological polar surface area (TPSA) is 111 Å². The normalized spacial score (nSPS) is 21.6. The summed E-state index contributed by atoms with van der Waals surface area (Å²) >= 11 is 0. The number of alkyl carbamates (subject to hydrolysis) is 1. The van der Waals surface area contributed by atoms with Crippen LogP contribution in [0.1, 0.15) is 33.6 Å². The zero-order valence-electron chi connectivity index (χ0n) is 12.5. The fourth-order valence-electron chi connectivity index (χ4n) is 2.01. The van der Waals surface area contributed by atoms with Crippen LogP contribution in [0.4, 0.5) is 9.59 Å². The first-order valence-electron chi connectivity index (χ1n) is 6.52. The van der Waals surface area contributed by atoms with E-state index in [2.05, 4.69) is 10.1 Å². The van der Waals surface area contributed by atoms with E-state index in [4.69, 9.17) is 4.74 Å². The molecule has 1 saturated carbocycles. The molecule has 8 heteroatoms. The van der Waals surface area contributed by atoms with E-state index in [9.17, 15) is 19.2 Å². The quantitative estimate of drug-likeness (QED) is 0.728. The van der Waals surface area contributed by atoms with Crippen molar-refractivity contribution in [3.63, 3.8) is 0 Å². The Labute approximate surface area is 122 Å². The van der Waals surface area contributed by atoms with Crippen molar-refractivity contribution in [1.82, 2.24) is 10.6 Å². The number of carbonyl (C=O) groups is 4. The molecule has 0 aromatic carbocycles. The number of rotatable bonds is 2. The van der Waals surface area contributed by atoms with Gasteiger partial charge in [0.25, 0.3) is 0 Å². The third-order valence-electron chi connectivity index (χ3n) is 2.82. The summed E-state index contributed by atoms with van der Waals surface area (Å²) in [4.78, 5) is 46.0. The molecule has 0 aliphatic heterocycles. The van der Waals surface area contributed by atoms with Gasteiger partial charge in [-0.05, 0) is 20.8 Å². The molecule has 21 heavy (non-hydrogen) atoms. The maximum Gasteiger partial charge on any atom is 0.415 e. The predicted molar refractivity (Wildman–Crippen MR) is 71.4 cm³/mol. The number of carbonyl (C=O) groups excluding carboxylic acids is 4. The van der Waals surface area contributed by atoms with Gasteiger partial charge in [-0.25, -0.2) is 14.9 Å². The lowest BCUT2D eigenvalue weighted by Crippen LogP contribution is -2.48. The summed E-state index contributed by atoms with van der Waals surface area (Å²) in [7, 11) is 1.21. The number of esters is 1. The molecular weight excluding hydrogens is 280 g/mol. The van der Waals surface area contributed by atoms with Crippen LogP contribution < -0.4 is 10.6 Å². The molecule has 3 amide bonds. The van der Waals surface area contributed by atoms with Gasteiger partial charge in [0.05, 0.1) is 19.1 Å². The Morgan fingerprint density at radius 1 is 1.19 bits per heavy atom. The van der Waals surface area contributed by atoms with Crippen LogP contribution in [0.2, 0.25) is 0 Å². The van der Waals surface area contributed by atoms with Crippen LogP contribution in [0.25, 0.3) is 0 Å². The summed E-state index contributed by atoms with van der Waals surface area (Å²) in [5.74, 6) is -1.44. The SMILES string of the molecule is COC(=O)[C@@H]1CC(=O)C[C@@H]1NC(=O)NC(=O)OC(C)(C)C. The van der Waals surface area contributed by atoms with Crippen LogP contribution in [0.5, 0.6) is 0 Å². The highest BCUT2D eigenvalue weighted by atomic mass is 16.6. The number of urea groups is 1. The molecule has 0 spiro atoms. The van der Waals surface area contributed by atoms with Crippen LogP contribution >= 0.6 is 0 Å². The van der Waals surface area contributed by atoms with Crippen LogP contribution in [-0.2, 0) is 19.1 Å². The lowest BCUT2D eigenvalue weighted by atomic mass is 10.0. The molecule has 0 saturated heterocycles. The van der Waals surface area contributed by atoms with Crippen molar-refractivity contribution in [3.8, 4) is 0 Å². The summed E-state index contributed by atoms with van der Waals surface area (Å²) < 4.78 is 9.51. The van der Waals surface area contributed by atoms with Crippen LogP contribution in [0.15, 0.2) is 0 Å². The van der Waals surface area contributed by atoms with Crippen molar-refractivity contribution in [3.05, 3.63) is 0 Å². The highest BCUT2D eigenvalue weighted by Crippen LogP contribution is 2.24. The van der Waals surface area contributed by atoms with Gasteiger partial charge in [-0.1, -0.05) is 0 Å². The second-order valence-electron chi connectivity index (χ2n) is 5.78. The zero-order chi connectivity index (χ0) is 16.2. The molecule has 8 nitrogen and oxygen atoms in total. The Kier molecular flexibility index (Phi) is 5.28. The van der Waals surface area contributed by atoms with E-state index in [1.165, 1.54) is 7.11 Å². The van der Waals surface area contributed by atoms with Crippen molar-refractivity contribution in [1.29, 1.82) is 0 Å². The molecule has 1 aliphatic rings. The molecule has 0 aromatic heterocycles. The van der Waals surface area contributed by atoms with Crippen LogP contribution in [0.3, 0.4) is 0 Å². The molecule has 0 radical (unpaired) electrons. The number of ether oxygens (including phenoxy) is 2. The Hall–Kier alpha value is -2.12. The standard InChI is InChI=1S/C13H20N2O6/c1-13(2,3)21-12(19)15-11(18)14-9-6-7(16)5-8(9)10(17)20-4/h8-9H,5-6H2,1-4H3,(H2,14,15,18,19)/t8-,9+/m1/s1. The highest BCUT2D eigenvalue weighted by Gasteiger charge is 2.39. The Morgan fingerprint density at radius 2 is 1.81 bits per heavy atom. The molecule has 0 bridgehead atoms. The van der Waals surface area contributed by atoms with Gasteiger partial charge in [0.15, 0.2) is 0 Å². The summed E-state index contributed by atoms with van der Waals surface area (Å²) in [5.41, 5.74) is -0.734. The molecule has 1 fully saturated rings. The molecule has 118 valence electrons. The lowest BCUT2D eigenvalue weighted by Gasteiger charge is -2.21. The van der Waals surface area contributed by atoms with Crippen LogP contribution in [0, 0.1) is 5.92 Å². The van der Waals surface area contributed by atoms with E-state index in [0.29, 0.717) is 0 Å². The third-order valence-corrected chi connectivity index (χ3v) is 2.82. The van der Waals surface area contributed by atoms with Gasteiger partial charge in [0, 0.05) is 12.8 Å². The largest absolute Gasteiger partial charge is 0.469 e. The number of hydrogen-bond acceptors (Lipinski definition) is 6. The summed E-state index contributed by atoms with van der Waals surface area (Å²) in [6.45, 7) is 4.98. The molecule has 2 atom stereocenters. The third kappa shape index (κ3) is 5.41. The second kappa shape index (κ2) is 6.55. The molecule has 0 unspecified atom stereocenters. The van der Waals surface area contributed by atoms with Crippen molar-refractivity contribution in [2.45, 2.75) is 45.3 Å². The summed E-state index contributed by atoms with van der Waals surface area (Å²) in [5, 5.41) is 4.40. The van der Waals surface area contributed by atoms with E-state index in [1.54, 1.807) is 20.8 Å². The first kappa shape index (κ1) is 16.9. The Balaban J connectivity index is 2.55. The fraction of sp³-hybridized carbons (Fsp3) is 0.692. The zero-order valence-corrected chi connectivity index (χ0v) is 12.5. The summed E-state index contributed by atoms with van der Waals surface area (Å²) in [6, 6.07) is -1.51. The highest BCUT2D eigenvalue weighted by molar-refractivity contribution is 5.93. The van der Waals surface area contributed by atoms with Gasteiger partial charge in [-0.3, -0.25) is 9.59 Å². The second-order valence-corrected chi connectivity index (χ2v) is 5.78. The first-order valence-corrected chi connectivity index (χ1v) is 6.52. The molecule has 1 aliphatic carbocycles. The number of amides is 3. The van der Waals surface area contributed by atoms with Gasteiger partial charge >= 0.3 is 18.1 Å². The van der Waals surface area contributed by atoms with Gasteiger partial charge in [-0.15, -0.1) is 0 Å². The molecule has 0 aromatic rings. The average molecular weight is 300 g/mol. The number of hydrogen-bond donors (Lipinski definition) is 2. The average Bonchev–Trinajstić information content (AvgIpc) is 2.66.